The topological polar surface area (TPSA) is 58.8 Å². The van der Waals surface area contributed by atoms with E-state index in [2.05, 4.69) is 32.2 Å². The van der Waals surface area contributed by atoms with Gasteiger partial charge < -0.3 is 4.74 Å². The molecule has 1 atom stereocenters. The number of hydrogen-bond acceptors (Lipinski definition) is 4. The van der Waals surface area contributed by atoms with E-state index in [1.54, 1.807) is 18.2 Å². The zero-order valence-corrected chi connectivity index (χ0v) is 16.3. The van der Waals surface area contributed by atoms with Gasteiger partial charge in [0.05, 0.1) is 22.5 Å². The fraction of sp³-hybridized carbons (Fsp3) is 0.150. The second kappa shape index (κ2) is 8.31. The number of benzene rings is 2. The van der Waals surface area contributed by atoms with Crippen molar-refractivity contribution in [2.24, 2.45) is 0 Å². The Bertz CT molecular complexity index is 954. The van der Waals surface area contributed by atoms with Gasteiger partial charge in [0.15, 0.2) is 0 Å². The van der Waals surface area contributed by atoms with Gasteiger partial charge in [-0.15, -0.1) is 0 Å². The molecule has 1 heterocycles. The fourth-order valence-corrected chi connectivity index (χ4v) is 2.99. The maximum Gasteiger partial charge on any atom is 0.146 e. The maximum atomic E-state index is 9.65. The molecular weight excluding hydrogens is 414 g/mol. The number of aryl methyl sites for hydroxylation is 1. The van der Waals surface area contributed by atoms with E-state index in [0.29, 0.717) is 22.2 Å². The third kappa shape index (κ3) is 4.21. The summed E-state index contributed by atoms with van der Waals surface area (Å²) in [6, 6.07) is 18.8. The lowest BCUT2D eigenvalue weighted by Crippen LogP contribution is -2.04. The normalized spacial score (nSPS) is 11.6. The van der Waals surface area contributed by atoms with Gasteiger partial charge in [0, 0.05) is 4.47 Å². The molecule has 26 heavy (non-hydrogen) atoms. The first-order chi connectivity index (χ1) is 12.6. The summed E-state index contributed by atoms with van der Waals surface area (Å²) in [6.07, 6.45) is 0.802. The average Bonchev–Trinajstić information content (AvgIpc) is 2.65. The molecule has 0 bridgehead atoms. The molecule has 0 aliphatic rings. The largest absolute Gasteiger partial charge is 0.456 e. The van der Waals surface area contributed by atoms with Crippen molar-refractivity contribution in [3.8, 4) is 17.6 Å². The van der Waals surface area contributed by atoms with Crippen LogP contribution >= 0.6 is 27.5 Å². The molecule has 0 aliphatic heterocycles. The molecule has 0 N–H and O–H groups in total. The Labute approximate surface area is 165 Å². The number of halogens is 2. The van der Waals surface area contributed by atoms with E-state index in [4.69, 9.17) is 16.3 Å². The van der Waals surface area contributed by atoms with Crippen LogP contribution in [0.25, 0.3) is 0 Å². The molecule has 1 unspecified atom stereocenters. The predicted octanol–water partition coefficient (Wildman–Crippen LogP) is 5.90. The molecule has 3 rings (SSSR count). The summed E-state index contributed by atoms with van der Waals surface area (Å²) in [5.41, 5.74) is 2.24. The van der Waals surface area contributed by atoms with Crippen molar-refractivity contribution in [1.29, 1.82) is 5.26 Å². The van der Waals surface area contributed by atoms with Crippen molar-refractivity contribution in [2.75, 3.05) is 0 Å². The summed E-state index contributed by atoms with van der Waals surface area (Å²) in [6.45, 7) is 2.01. The van der Waals surface area contributed by atoms with Crippen LogP contribution in [0.3, 0.4) is 0 Å². The minimum absolute atomic E-state index is 0.470. The molecule has 130 valence electrons. The monoisotopic (exact) mass is 427 g/mol. The molecular formula is C20H15BrClN3O. The van der Waals surface area contributed by atoms with Crippen molar-refractivity contribution in [3.63, 3.8) is 0 Å². The lowest BCUT2D eigenvalue weighted by molar-refractivity contribution is 0.482. The van der Waals surface area contributed by atoms with Gasteiger partial charge in [0.1, 0.15) is 17.4 Å². The van der Waals surface area contributed by atoms with Gasteiger partial charge in [-0.25, -0.2) is 0 Å². The molecule has 3 aromatic rings. The Balaban J connectivity index is 1.93. The third-order valence-corrected chi connectivity index (χ3v) is 4.65. The molecule has 1 aromatic heterocycles. The maximum absolute atomic E-state index is 9.65. The molecule has 0 saturated carbocycles. The van der Waals surface area contributed by atoms with E-state index in [0.717, 1.165) is 22.2 Å². The van der Waals surface area contributed by atoms with Crippen LogP contribution in [0.2, 0.25) is 5.02 Å². The van der Waals surface area contributed by atoms with Crippen molar-refractivity contribution in [2.45, 2.75) is 19.3 Å². The molecule has 0 radical (unpaired) electrons. The Morgan fingerprint density at radius 2 is 2.00 bits per heavy atom. The van der Waals surface area contributed by atoms with E-state index in [1.165, 1.54) is 0 Å². The Morgan fingerprint density at radius 3 is 2.65 bits per heavy atom. The third-order valence-electron chi connectivity index (χ3n) is 3.84. The highest BCUT2D eigenvalue weighted by Gasteiger charge is 2.18. The SMILES string of the molecule is CCc1ccc(C(C#N)c2ccc(Cl)c(Oc3cccc(Br)c3)c2)nn1. The van der Waals surface area contributed by atoms with E-state index < -0.39 is 5.92 Å². The van der Waals surface area contributed by atoms with Gasteiger partial charge in [-0.1, -0.05) is 46.6 Å². The second-order valence-electron chi connectivity index (χ2n) is 5.61. The minimum Gasteiger partial charge on any atom is -0.456 e. The number of nitriles is 1. The number of aromatic nitrogens is 2. The second-order valence-corrected chi connectivity index (χ2v) is 6.94. The molecule has 0 spiro atoms. The van der Waals surface area contributed by atoms with Crippen LogP contribution in [-0.2, 0) is 6.42 Å². The molecule has 0 amide bonds. The predicted molar refractivity (Wildman–Crippen MR) is 105 cm³/mol. The van der Waals surface area contributed by atoms with Gasteiger partial charge in [-0.3, -0.25) is 0 Å². The van der Waals surface area contributed by atoms with Crippen molar-refractivity contribution >= 4 is 27.5 Å². The number of hydrogen-bond donors (Lipinski definition) is 0. The fourth-order valence-electron chi connectivity index (χ4n) is 2.46. The first-order valence-electron chi connectivity index (χ1n) is 8.05. The molecule has 6 heteroatoms. The quantitative estimate of drug-likeness (QED) is 0.507. The summed E-state index contributed by atoms with van der Waals surface area (Å²) in [4.78, 5) is 0. The van der Waals surface area contributed by atoms with Gasteiger partial charge in [-0.2, -0.15) is 15.5 Å². The standard InChI is InChI=1S/C20H15BrClN3O/c1-2-15-7-9-19(25-24-15)17(12-23)13-6-8-18(22)20(10-13)26-16-5-3-4-14(21)11-16/h3-11,17H,2H2,1H3. The molecule has 0 saturated heterocycles. The molecule has 0 aliphatic carbocycles. The lowest BCUT2D eigenvalue weighted by atomic mass is 9.96. The smallest absolute Gasteiger partial charge is 0.146 e. The summed E-state index contributed by atoms with van der Waals surface area (Å²) < 4.78 is 6.80. The Kier molecular flexibility index (Phi) is 5.87. The van der Waals surface area contributed by atoms with Crippen LogP contribution in [0.1, 0.15) is 29.8 Å². The van der Waals surface area contributed by atoms with Gasteiger partial charge in [0.2, 0.25) is 0 Å². The summed E-state index contributed by atoms with van der Waals surface area (Å²) in [5.74, 6) is 0.593. The van der Waals surface area contributed by atoms with Gasteiger partial charge in [0.25, 0.3) is 0 Å². The molecule has 2 aromatic carbocycles. The summed E-state index contributed by atoms with van der Waals surface area (Å²) >= 11 is 9.69. The van der Waals surface area contributed by atoms with Crippen LogP contribution in [0.15, 0.2) is 59.1 Å². The summed E-state index contributed by atoms with van der Waals surface area (Å²) in [7, 11) is 0. The van der Waals surface area contributed by atoms with E-state index >= 15 is 0 Å². The van der Waals surface area contributed by atoms with Crippen molar-refractivity contribution in [1.82, 2.24) is 10.2 Å². The van der Waals surface area contributed by atoms with Crippen LogP contribution in [0.4, 0.5) is 0 Å². The molecule has 0 fully saturated rings. The molecule has 4 nitrogen and oxygen atoms in total. The Morgan fingerprint density at radius 1 is 1.15 bits per heavy atom. The Hall–Kier alpha value is -2.42. The zero-order chi connectivity index (χ0) is 18.5. The highest BCUT2D eigenvalue weighted by molar-refractivity contribution is 9.10. The van der Waals surface area contributed by atoms with Crippen molar-refractivity contribution in [3.05, 3.63) is 81.0 Å². The lowest BCUT2D eigenvalue weighted by Gasteiger charge is -2.13. The van der Waals surface area contributed by atoms with Gasteiger partial charge in [-0.05, 0) is 54.4 Å². The first kappa shape index (κ1) is 18.4. The van der Waals surface area contributed by atoms with E-state index in [-0.39, 0.29) is 0 Å². The zero-order valence-electron chi connectivity index (χ0n) is 14.0. The highest BCUT2D eigenvalue weighted by Crippen LogP contribution is 2.34. The van der Waals surface area contributed by atoms with Crippen LogP contribution in [0, 0.1) is 11.3 Å². The number of rotatable bonds is 5. The van der Waals surface area contributed by atoms with Crippen molar-refractivity contribution < 1.29 is 4.74 Å². The number of nitrogens with zero attached hydrogens (tertiary/aromatic N) is 3. The highest BCUT2D eigenvalue weighted by atomic mass is 79.9. The minimum atomic E-state index is -0.546. The van der Waals surface area contributed by atoms with E-state index in [1.807, 2.05) is 43.3 Å². The van der Waals surface area contributed by atoms with Crippen LogP contribution in [-0.4, -0.2) is 10.2 Å². The van der Waals surface area contributed by atoms with Crippen LogP contribution < -0.4 is 4.74 Å². The summed E-state index contributed by atoms with van der Waals surface area (Å²) in [5, 5.41) is 18.5. The van der Waals surface area contributed by atoms with Gasteiger partial charge >= 0.3 is 0 Å². The average molecular weight is 429 g/mol. The van der Waals surface area contributed by atoms with E-state index in [9.17, 15) is 5.26 Å². The number of ether oxygens (including phenoxy) is 1. The first-order valence-corrected chi connectivity index (χ1v) is 9.22. The van der Waals surface area contributed by atoms with Crippen LogP contribution in [0.5, 0.6) is 11.5 Å².